The summed E-state index contributed by atoms with van der Waals surface area (Å²) in [7, 11) is 0. The topological polar surface area (TPSA) is 46.5 Å². The highest BCUT2D eigenvalue weighted by atomic mass is 79.9. The number of hydrogen-bond donors (Lipinski definition) is 1. The van der Waals surface area contributed by atoms with Gasteiger partial charge in [0.15, 0.2) is 6.10 Å². The largest absolute Gasteiger partial charge is 0.464 e. The number of esters is 1. The average molecular weight is 335 g/mol. The molecule has 0 fully saturated rings. The molecule has 2 aromatic rings. The fourth-order valence-electron chi connectivity index (χ4n) is 1.91. The zero-order chi connectivity index (χ0) is 14.5. The van der Waals surface area contributed by atoms with Gasteiger partial charge in [-0.2, -0.15) is 0 Å². The number of carbonyl (C=O) groups excluding carboxylic acids is 1. The average Bonchev–Trinajstić information content (AvgIpc) is 2.47. The quantitative estimate of drug-likeness (QED) is 0.867. The third-order valence-corrected chi connectivity index (χ3v) is 3.60. The summed E-state index contributed by atoms with van der Waals surface area (Å²) in [4.78, 5) is 11.6. The van der Waals surface area contributed by atoms with Gasteiger partial charge in [0, 0.05) is 10.0 Å². The Balaban J connectivity index is 2.29. The van der Waals surface area contributed by atoms with Gasteiger partial charge < -0.3 is 9.84 Å². The van der Waals surface area contributed by atoms with Gasteiger partial charge in [0.2, 0.25) is 0 Å². The van der Waals surface area contributed by atoms with E-state index in [1.807, 2.05) is 42.5 Å². The first kappa shape index (κ1) is 14.8. The molecular weight excluding hydrogens is 320 g/mol. The molecule has 0 aromatic heterocycles. The van der Waals surface area contributed by atoms with E-state index in [0.29, 0.717) is 10.0 Å². The molecule has 0 aliphatic rings. The van der Waals surface area contributed by atoms with Crippen LogP contribution in [0.2, 0.25) is 0 Å². The first-order valence-electron chi connectivity index (χ1n) is 6.33. The molecule has 20 heavy (non-hydrogen) atoms. The van der Waals surface area contributed by atoms with Crippen molar-refractivity contribution in [1.82, 2.24) is 0 Å². The van der Waals surface area contributed by atoms with E-state index in [0.717, 1.165) is 11.1 Å². The van der Waals surface area contributed by atoms with E-state index in [-0.39, 0.29) is 6.61 Å². The van der Waals surface area contributed by atoms with Crippen LogP contribution in [-0.4, -0.2) is 17.7 Å². The van der Waals surface area contributed by atoms with E-state index >= 15 is 0 Å². The van der Waals surface area contributed by atoms with Crippen molar-refractivity contribution in [2.45, 2.75) is 13.0 Å². The molecule has 0 spiro atoms. The second-order valence-electron chi connectivity index (χ2n) is 4.26. The Labute approximate surface area is 126 Å². The molecule has 104 valence electrons. The van der Waals surface area contributed by atoms with E-state index in [2.05, 4.69) is 15.9 Å². The minimum Gasteiger partial charge on any atom is -0.464 e. The van der Waals surface area contributed by atoms with Crippen molar-refractivity contribution in [2.24, 2.45) is 0 Å². The van der Waals surface area contributed by atoms with Crippen LogP contribution in [0.3, 0.4) is 0 Å². The number of benzene rings is 2. The van der Waals surface area contributed by atoms with Crippen LogP contribution in [0.25, 0.3) is 11.1 Å². The molecule has 1 atom stereocenters. The van der Waals surface area contributed by atoms with E-state index in [1.54, 1.807) is 13.0 Å². The lowest BCUT2D eigenvalue weighted by atomic mass is 10.0. The van der Waals surface area contributed by atoms with Crippen LogP contribution in [0.4, 0.5) is 0 Å². The van der Waals surface area contributed by atoms with Crippen molar-refractivity contribution in [1.29, 1.82) is 0 Å². The molecule has 2 aromatic carbocycles. The monoisotopic (exact) mass is 334 g/mol. The number of rotatable bonds is 4. The summed E-state index contributed by atoms with van der Waals surface area (Å²) in [6.07, 6.45) is -1.27. The van der Waals surface area contributed by atoms with Crippen LogP contribution in [0.5, 0.6) is 0 Å². The third-order valence-electron chi connectivity index (χ3n) is 2.91. The fourth-order valence-corrected chi connectivity index (χ4v) is 2.50. The van der Waals surface area contributed by atoms with Crippen molar-refractivity contribution in [3.05, 3.63) is 58.6 Å². The van der Waals surface area contributed by atoms with Crippen molar-refractivity contribution in [2.75, 3.05) is 6.61 Å². The predicted molar refractivity (Wildman–Crippen MR) is 81.2 cm³/mol. The van der Waals surface area contributed by atoms with E-state index in [1.165, 1.54) is 0 Å². The van der Waals surface area contributed by atoms with Crippen molar-refractivity contribution >= 4 is 21.9 Å². The number of ether oxygens (including phenoxy) is 1. The van der Waals surface area contributed by atoms with Gasteiger partial charge in [0.05, 0.1) is 6.61 Å². The highest BCUT2D eigenvalue weighted by molar-refractivity contribution is 9.10. The lowest BCUT2D eigenvalue weighted by Gasteiger charge is -2.13. The highest BCUT2D eigenvalue weighted by Crippen LogP contribution is 2.29. The Morgan fingerprint density at radius 2 is 1.90 bits per heavy atom. The summed E-state index contributed by atoms with van der Waals surface area (Å²) in [6.45, 7) is 1.95. The van der Waals surface area contributed by atoms with Gasteiger partial charge in [-0.25, -0.2) is 4.79 Å². The Kier molecular flexibility index (Phi) is 4.93. The molecule has 0 saturated carbocycles. The molecule has 0 radical (unpaired) electrons. The van der Waals surface area contributed by atoms with Crippen LogP contribution >= 0.6 is 15.9 Å². The van der Waals surface area contributed by atoms with Crippen molar-refractivity contribution in [3.8, 4) is 11.1 Å². The lowest BCUT2D eigenvalue weighted by molar-refractivity contribution is -0.153. The maximum atomic E-state index is 11.6. The van der Waals surface area contributed by atoms with Crippen LogP contribution in [0, 0.1) is 0 Å². The number of carbonyl (C=O) groups is 1. The number of hydrogen-bond acceptors (Lipinski definition) is 3. The second kappa shape index (κ2) is 6.68. The molecule has 0 aliphatic carbocycles. The number of halogens is 1. The number of aliphatic hydroxyl groups is 1. The van der Waals surface area contributed by atoms with Gasteiger partial charge in [-0.05, 0) is 24.1 Å². The smallest absolute Gasteiger partial charge is 0.339 e. The van der Waals surface area contributed by atoms with Crippen LogP contribution in [-0.2, 0) is 9.53 Å². The van der Waals surface area contributed by atoms with Gasteiger partial charge in [0.1, 0.15) is 0 Å². The van der Waals surface area contributed by atoms with Crippen LogP contribution in [0.1, 0.15) is 18.6 Å². The third kappa shape index (κ3) is 3.26. The summed E-state index contributed by atoms with van der Waals surface area (Å²) < 4.78 is 5.50. The van der Waals surface area contributed by atoms with E-state index < -0.39 is 12.1 Å². The highest BCUT2D eigenvalue weighted by Gasteiger charge is 2.21. The Morgan fingerprint density at radius 3 is 2.50 bits per heavy atom. The fraction of sp³-hybridized carbons (Fsp3) is 0.188. The Morgan fingerprint density at radius 1 is 1.20 bits per heavy atom. The molecule has 4 heteroatoms. The maximum Gasteiger partial charge on any atom is 0.339 e. The summed E-state index contributed by atoms with van der Waals surface area (Å²) in [5.41, 5.74) is 2.59. The summed E-state index contributed by atoms with van der Waals surface area (Å²) in [5.74, 6) is -0.638. The molecule has 0 saturated heterocycles. The molecule has 0 bridgehead atoms. The second-order valence-corrected chi connectivity index (χ2v) is 5.11. The molecule has 3 nitrogen and oxygen atoms in total. The maximum absolute atomic E-state index is 11.6. The van der Waals surface area contributed by atoms with Crippen LogP contribution < -0.4 is 0 Å². The van der Waals surface area contributed by atoms with Crippen molar-refractivity contribution < 1.29 is 14.6 Å². The summed E-state index contributed by atoms with van der Waals surface area (Å²) >= 11 is 3.40. The minimum absolute atomic E-state index is 0.246. The first-order chi connectivity index (χ1) is 9.63. The lowest BCUT2D eigenvalue weighted by Crippen LogP contribution is -2.15. The molecule has 0 heterocycles. The standard InChI is InChI=1S/C16H15BrO3/c1-2-20-16(19)15(18)13-9-8-12(10-14(13)17)11-6-4-3-5-7-11/h3-10,15,18H,2H2,1H3. The van der Waals surface area contributed by atoms with Crippen LogP contribution in [0.15, 0.2) is 53.0 Å². The van der Waals surface area contributed by atoms with Gasteiger partial charge >= 0.3 is 5.97 Å². The Bertz CT molecular complexity index is 596. The zero-order valence-electron chi connectivity index (χ0n) is 11.0. The Hall–Kier alpha value is -1.65. The van der Waals surface area contributed by atoms with Gasteiger partial charge in [-0.3, -0.25) is 0 Å². The van der Waals surface area contributed by atoms with Gasteiger partial charge in [-0.15, -0.1) is 0 Å². The summed E-state index contributed by atoms with van der Waals surface area (Å²) in [6, 6.07) is 15.4. The predicted octanol–water partition coefficient (Wildman–Crippen LogP) is 3.71. The van der Waals surface area contributed by atoms with Crippen molar-refractivity contribution in [3.63, 3.8) is 0 Å². The van der Waals surface area contributed by atoms with E-state index in [4.69, 9.17) is 4.74 Å². The van der Waals surface area contributed by atoms with Gasteiger partial charge in [-0.1, -0.05) is 58.4 Å². The molecule has 2 rings (SSSR count). The molecular formula is C16H15BrO3. The minimum atomic E-state index is -1.27. The molecule has 1 unspecified atom stereocenters. The van der Waals surface area contributed by atoms with E-state index in [9.17, 15) is 9.90 Å². The number of aliphatic hydroxyl groups excluding tert-OH is 1. The molecule has 0 amide bonds. The van der Waals surface area contributed by atoms with Gasteiger partial charge in [0.25, 0.3) is 0 Å². The molecule has 0 aliphatic heterocycles. The summed E-state index contributed by atoms with van der Waals surface area (Å²) in [5, 5.41) is 9.96. The SMILES string of the molecule is CCOC(=O)C(O)c1ccc(-c2ccccc2)cc1Br. The molecule has 1 N–H and O–H groups in total. The first-order valence-corrected chi connectivity index (χ1v) is 7.12. The zero-order valence-corrected chi connectivity index (χ0v) is 12.6. The normalized spacial score (nSPS) is 11.9.